The number of thioether (sulfide) groups is 1. The summed E-state index contributed by atoms with van der Waals surface area (Å²) in [6.45, 7) is 6.54. The third kappa shape index (κ3) is 8.25. The number of aryl methyl sites for hydroxylation is 2. The van der Waals surface area contributed by atoms with Gasteiger partial charge in [0.2, 0.25) is 0 Å². The number of carbonyl (C=O) groups is 1. The molecule has 2 aromatic rings. The van der Waals surface area contributed by atoms with E-state index >= 15 is 0 Å². The number of rotatable bonds is 11. The molecule has 0 aromatic heterocycles. The Morgan fingerprint density at radius 3 is 2.51 bits per heavy atom. The van der Waals surface area contributed by atoms with Crippen LogP contribution in [0.4, 0.5) is 0 Å². The molecule has 2 aliphatic heterocycles. The van der Waals surface area contributed by atoms with Crippen molar-refractivity contribution in [3.63, 3.8) is 0 Å². The van der Waals surface area contributed by atoms with Crippen molar-refractivity contribution < 1.29 is 14.3 Å². The molecule has 4 rings (SSSR count). The number of amidine groups is 1. The Kier molecular flexibility index (Phi) is 10.8. The van der Waals surface area contributed by atoms with E-state index in [9.17, 15) is 4.79 Å². The zero-order chi connectivity index (χ0) is 25.9. The summed E-state index contributed by atoms with van der Waals surface area (Å²) < 4.78 is 11.9. The van der Waals surface area contributed by atoms with Crippen molar-refractivity contribution in [3.05, 3.63) is 71.3 Å². The van der Waals surface area contributed by atoms with E-state index < -0.39 is 5.92 Å². The third-order valence-corrected chi connectivity index (χ3v) is 7.53. The highest BCUT2D eigenvalue weighted by atomic mass is 32.2. The topological polar surface area (TPSA) is 63.5 Å². The third-order valence-electron chi connectivity index (χ3n) is 6.97. The van der Waals surface area contributed by atoms with Crippen molar-refractivity contribution in [1.82, 2.24) is 4.90 Å². The molecule has 2 aliphatic rings. The number of esters is 1. The average molecular weight is 522 g/mol. The van der Waals surface area contributed by atoms with Crippen LogP contribution in [0.15, 0.2) is 64.6 Å². The maximum Gasteiger partial charge on any atom is 0.317 e. The van der Waals surface area contributed by atoms with Gasteiger partial charge in [0.25, 0.3) is 0 Å². The number of piperidine rings is 1. The molecule has 0 spiro atoms. The molecule has 37 heavy (non-hydrogen) atoms. The Morgan fingerprint density at radius 1 is 1.03 bits per heavy atom. The van der Waals surface area contributed by atoms with Crippen molar-refractivity contribution in [1.29, 1.82) is 0 Å². The van der Waals surface area contributed by atoms with Crippen LogP contribution in [0.5, 0.6) is 0 Å². The van der Waals surface area contributed by atoms with Crippen molar-refractivity contribution in [2.24, 2.45) is 15.9 Å². The Bertz CT molecular complexity index is 1050. The van der Waals surface area contributed by atoms with Gasteiger partial charge >= 0.3 is 5.97 Å². The number of ether oxygens (including phenoxy) is 2. The molecule has 2 heterocycles. The highest BCUT2D eigenvalue weighted by Crippen LogP contribution is 2.34. The lowest BCUT2D eigenvalue weighted by molar-refractivity contribution is -0.147. The summed E-state index contributed by atoms with van der Waals surface area (Å²) >= 11 is 1.49. The van der Waals surface area contributed by atoms with E-state index in [2.05, 4.69) is 48.2 Å². The van der Waals surface area contributed by atoms with Crippen LogP contribution in [0, 0.1) is 12.8 Å². The molecular formula is C30H39N3O3S. The predicted molar refractivity (Wildman–Crippen MR) is 153 cm³/mol. The lowest BCUT2D eigenvalue weighted by Gasteiger charge is -2.29. The molecule has 2 atom stereocenters. The molecule has 2 unspecified atom stereocenters. The van der Waals surface area contributed by atoms with Crippen LogP contribution in [0.2, 0.25) is 0 Å². The van der Waals surface area contributed by atoms with Gasteiger partial charge < -0.3 is 14.4 Å². The van der Waals surface area contributed by atoms with Crippen LogP contribution in [0.3, 0.4) is 0 Å². The van der Waals surface area contributed by atoms with Gasteiger partial charge in [-0.1, -0.05) is 78.3 Å². The van der Waals surface area contributed by atoms with E-state index in [1.165, 1.54) is 42.2 Å². The number of benzene rings is 2. The average Bonchev–Trinajstić information content (AvgIpc) is 2.94. The van der Waals surface area contributed by atoms with Crippen molar-refractivity contribution >= 4 is 28.6 Å². The Hall–Kier alpha value is -2.48. The molecule has 198 valence electrons. The summed E-state index contributed by atoms with van der Waals surface area (Å²) in [5.74, 6) is -0.869. The van der Waals surface area contributed by atoms with Gasteiger partial charge in [-0.3, -0.25) is 9.79 Å². The molecule has 6 nitrogen and oxygen atoms in total. The number of likely N-dealkylation sites (tertiary alicyclic amines) is 1. The molecule has 0 saturated carbocycles. The highest BCUT2D eigenvalue weighted by Gasteiger charge is 2.38. The molecule has 2 aromatic carbocycles. The van der Waals surface area contributed by atoms with Crippen LogP contribution in [-0.4, -0.2) is 67.5 Å². The molecule has 7 heteroatoms. The molecule has 0 aliphatic carbocycles. The summed E-state index contributed by atoms with van der Waals surface area (Å²) in [5, 5.41) is 0.674. The minimum Gasteiger partial charge on any atom is -0.465 e. The van der Waals surface area contributed by atoms with Gasteiger partial charge in [0.05, 0.1) is 31.6 Å². The fraction of sp³-hybridized carbons (Fsp3) is 0.500. The second-order valence-corrected chi connectivity index (χ2v) is 10.5. The molecular weight excluding hydrogens is 482 g/mol. The van der Waals surface area contributed by atoms with Crippen LogP contribution < -0.4 is 0 Å². The van der Waals surface area contributed by atoms with Gasteiger partial charge in [-0.2, -0.15) is 0 Å². The molecule has 0 radical (unpaired) electrons. The summed E-state index contributed by atoms with van der Waals surface area (Å²) in [6.07, 6.45) is 7.45. The molecule has 0 bridgehead atoms. The van der Waals surface area contributed by atoms with E-state index in [0.29, 0.717) is 30.7 Å². The summed E-state index contributed by atoms with van der Waals surface area (Å²) in [5.41, 5.74) is 4.11. The first-order valence-corrected chi connectivity index (χ1v) is 14.6. The van der Waals surface area contributed by atoms with Gasteiger partial charge in [0.1, 0.15) is 5.92 Å². The lowest BCUT2D eigenvalue weighted by atomic mass is 9.88. The van der Waals surface area contributed by atoms with Crippen LogP contribution in [0.1, 0.15) is 48.4 Å². The zero-order valence-corrected chi connectivity index (χ0v) is 22.9. The second-order valence-electron chi connectivity index (χ2n) is 9.76. The SMILES string of the molecule is CSC1=NC(c2ccc(C)cc2)C(C(=O)OCCCc2ccccc2)C(COCCN2CCCCC2)=N1. The highest BCUT2D eigenvalue weighted by molar-refractivity contribution is 8.13. The maximum atomic E-state index is 13.5. The fourth-order valence-electron chi connectivity index (χ4n) is 4.85. The first-order valence-electron chi connectivity index (χ1n) is 13.4. The van der Waals surface area contributed by atoms with E-state index in [-0.39, 0.29) is 12.0 Å². The van der Waals surface area contributed by atoms with E-state index in [0.717, 1.165) is 38.0 Å². The van der Waals surface area contributed by atoms with E-state index in [4.69, 9.17) is 19.5 Å². The predicted octanol–water partition coefficient (Wildman–Crippen LogP) is 5.50. The number of carbonyl (C=O) groups excluding carboxylic acids is 1. The molecule has 1 saturated heterocycles. The van der Waals surface area contributed by atoms with E-state index in [1.54, 1.807) is 0 Å². The van der Waals surface area contributed by atoms with Gasteiger partial charge in [-0.25, -0.2) is 4.99 Å². The van der Waals surface area contributed by atoms with Gasteiger partial charge in [-0.05, 0) is 63.1 Å². The van der Waals surface area contributed by atoms with Gasteiger partial charge in [-0.15, -0.1) is 0 Å². The molecule has 0 N–H and O–H groups in total. The smallest absolute Gasteiger partial charge is 0.317 e. The van der Waals surface area contributed by atoms with Crippen molar-refractivity contribution in [3.8, 4) is 0 Å². The minimum absolute atomic E-state index is 0.277. The maximum absolute atomic E-state index is 13.5. The summed E-state index contributed by atoms with van der Waals surface area (Å²) in [7, 11) is 0. The quantitative estimate of drug-likeness (QED) is 0.288. The Balaban J connectivity index is 1.43. The van der Waals surface area contributed by atoms with Crippen molar-refractivity contribution in [2.75, 3.05) is 45.7 Å². The largest absolute Gasteiger partial charge is 0.465 e. The van der Waals surface area contributed by atoms with E-state index in [1.807, 2.05) is 24.5 Å². The second kappa shape index (κ2) is 14.5. The fourth-order valence-corrected chi connectivity index (χ4v) is 5.28. The van der Waals surface area contributed by atoms with Crippen LogP contribution in [0.25, 0.3) is 0 Å². The number of nitrogens with zero attached hydrogens (tertiary/aromatic N) is 3. The number of hydrogen-bond acceptors (Lipinski definition) is 7. The van der Waals surface area contributed by atoms with Crippen LogP contribution in [-0.2, 0) is 20.7 Å². The van der Waals surface area contributed by atoms with Gasteiger partial charge in [0, 0.05) is 6.54 Å². The Morgan fingerprint density at radius 2 is 1.78 bits per heavy atom. The first-order chi connectivity index (χ1) is 18.1. The summed E-state index contributed by atoms with van der Waals surface area (Å²) in [4.78, 5) is 25.6. The monoisotopic (exact) mass is 521 g/mol. The normalized spacial score (nSPS) is 20.3. The molecule has 1 fully saturated rings. The first kappa shape index (κ1) is 27.6. The summed E-state index contributed by atoms with van der Waals surface area (Å²) in [6, 6.07) is 18.1. The standard InChI is InChI=1S/C30H39N3O3S/c1-23-13-15-25(16-14-23)28-27(29(34)36-20-9-12-24-10-5-3-6-11-24)26(31-30(32-28)37-2)22-35-21-19-33-17-7-4-8-18-33/h3,5-6,10-11,13-16,27-28H,4,7-9,12,17-22H2,1-2H3. The Labute approximate surface area is 225 Å². The lowest BCUT2D eigenvalue weighted by Crippen LogP contribution is -2.38. The molecule has 0 amide bonds. The van der Waals surface area contributed by atoms with Gasteiger partial charge in [0.15, 0.2) is 5.17 Å². The van der Waals surface area contributed by atoms with Crippen molar-refractivity contribution in [2.45, 2.75) is 45.1 Å². The zero-order valence-electron chi connectivity index (χ0n) is 22.1. The number of hydrogen-bond donors (Lipinski definition) is 0. The number of aliphatic imine (C=N–C) groups is 2. The minimum atomic E-state index is -0.592. The van der Waals surface area contributed by atoms with Crippen LogP contribution >= 0.6 is 11.8 Å².